The minimum absolute atomic E-state index is 0.424. The van der Waals surface area contributed by atoms with Gasteiger partial charge in [-0.1, -0.05) is 42.0 Å². The highest BCUT2D eigenvalue weighted by atomic mass is 32.2. The van der Waals surface area contributed by atoms with Gasteiger partial charge in [0, 0.05) is 13.1 Å². The molecule has 1 aliphatic heterocycles. The summed E-state index contributed by atoms with van der Waals surface area (Å²) in [7, 11) is -3.40. The minimum Gasteiger partial charge on any atom is -0.207 e. The van der Waals surface area contributed by atoms with E-state index in [0.717, 1.165) is 31.2 Å². The van der Waals surface area contributed by atoms with E-state index in [1.54, 1.807) is 16.4 Å². The Bertz CT molecular complexity index is 858. The zero-order valence-electron chi connectivity index (χ0n) is 14.7. The van der Waals surface area contributed by atoms with Gasteiger partial charge in [0.1, 0.15) is 0 Å². The third kappa shape index (κ3) is 3.13. The predicted molar refractivity (Wildman–Crippen MR) is 100 cm³/mol. The van der Waals surface area contributed by atoms with Gasteiger partial charge < -0.3 is 0 Å². The molecule has 25 heavy (non-hydrogen) atoms. The lowest BCUT2D eigenvalue weighted by atomic mass is 9.74. The maximum atomic E-state index is 13.1. The highest BCUT2D eigenvalue weighted by Gasteiger charge is 2.36. The van der Waals surface area contributed by atoms with Crippen LogP contribution in [0, 0.1) is 12.8 Å². The van der Waals surface area contributed by atoms with Crippen LogP contribution in [0.4, 0.5) is 0 Å². The van der Waals surface area contributed by atoms with E-state index in [1.807, 2.05) is 19.1 Å². The number of fused-ring (bicyclic) bond motifs is 3. The average molecular weight is 356 g/mol. The zero-order chi connectivity index (χ0) is 17.4. The highest BCUT2D eigenvalue weighted by molar-refractivity contribution is 7.89. The van der Waals surface area contributed by atoms with Gasteiger partial charge >= 0.3 is 0 Å². The number of benzene rings is 2. The molecular formula is C21H25NO2S. The molecule has 1 fully saturated rings. The molecule has 0 N–H and O–H groups in total. The van der Waals surface area contributed by atoms with Crippen molar-refractivity contribution < 1.29 is 8.42 Å². The van der Waals surface area contributed by atoms with Crippen molar-refractivity contribution in [3.8, 4) is 0 Å². The quantitative estimate of drug-likeness (QED) is 0.812. The van der Waals surface area contributed by atoms with E-state index in [2.05, 4.69) is 24.3 Å². The van der Waals surface area contributed by atoms with Crippen LogP contribution in [0.3, 0.4) is 0 Å². The van der Waals surface area contributed by atoms with Crippen LogP contribution in [0.1, 0.15) is 41.9 Å². The molecule has 4 heteroatoms. The van der Waals surface area contributed by atoms with Gasteiger partial charge in [0.25, 0.3) is 0 Å². The Morgan fingerprint density at radius 2 is 1.76 bits per heavy atom. The first kappa shape index (κ1) is 16.8. The lowest BCUT2D eigenvalue weighted by molar-refractivity contribution is 0.315. The summed E-state index contributed by atoms with van der Waals surface area (Å²) in [5, 5.41) is 0. The summed E-state index contributed by atoms with van der Waals surface area (Å²) < 4.78 is 27.9. The van der Waals surface area contributed by atoms with E-state index < -0.39 is 10.0 Å². The fraction of sp³-hybridized carbons (Fsp3) is 0.429. The molecule has 4 rings (SSSR count). The van der Waals surface area contributed by atoms with E-state index in [1.165, 1.54) is 11.1 Å². The molecule has 1 saturated heterocycles. The summed E-state index contributed by atoms with van der Waals surface area (Å²) in [4.78, 5) is 0.424. The third-order valence-electron chi connectivity index (χ3n) is 5.83. The third-order valence-corrected chi connectivity index (χ3v) is 7.71. The number of hydrogen-bond acceptors (Lipinski definition) is 2. The minimum atomic E-state index is -3.40. The van der Waals surface area contributed by atoms with Gasteiger partial charge in [-0.05, 0) is 67.7 Å². The first-order chi connectivity index (χ1) is 12.1. The van der Waals surface area contributed by atoms with Crippen molar-refractivity contribution in [3.63, 3.8) is 0 Å². The largest absolute Gasteiger partial charge is 0.243 e. The Hall–Kier alpha value is -1.65. The molecule has 3 nitrogen and oxygen atoms in total. The lowest BCUT2D eigenvalue weighted by Crippen LogP contribution is -2.36. The van der Waals surface area contributed by atoms with Crippen molar-refractivity contribution in [2.75, 3.05) is 13.1 Å². The van der Waals surface area contributed by atoms with Gasteiger partial charge in [0.15, 0.2) is 0 Å². The Labute approximate surface area is 150 Å². The van der Waals surface area contributed by atoms with Crippen LogP contribution >= 0.6 is 0 Å². The van der Waals surface area contributed by atoms with Crippen LogP contribution in [-0.2, 0) is 16.4 Å². The normalized spacial score (nSPS) is 24.2. The summed E-state index contributed by atoms with van der Waals surface area (Å²) in [6.45, 7) is 3.26. The molecule has 2 aliphatic rings. The molecule has 0 bridgehead atoms. The second-order valence-electron chi connectivity index (χ2n) is 7.42. The van der Waals surface area contributed by atoms with Gasteiger partial charge in [-0.15, -0.1) is 0 Å². The summed E-state index contributed by atoms with van der Waals surface area (Å²) >= 11 is 0. The van der Waals surface area contributed by atoms with Gasteiger partial charge in [0.2, 0.25) is 10.0 Å². The number of rotatable bonds is 2. The van der Waals surface area contributed by atoms with Crippen LogP contribution in [0.15, 0.2) is 53.4 Å². The molecule has 0 radical (unpaired) electrons. The summed E-state index contributed by atoms with van der Waals surface area (Å²) in [6, 6.07) is 16.0. The molecule has 132 valence electrons. The van der Waals surface area contributed by atoms with Crippen LogP contribution in [0.2, 0.25) is 0 Å². The number of nitrogens with zero attached hydrogens (tertiary/aromatic N) is 1. The number of hydrogen-bond donors (Lipinski definition) is 0. The fourth-order valence-electron chi connectivity index (χ4n) is 4.45. The molecule has 1 heterocycles. The van der Waals surface area contributed by atoms with Crippen molar-refractivity contribution in [3.05, 3.63) is 65.2 Å². The number of aryl methyl sites for hydroxylation is 2. The van der Waals surface area contributed by atoms with E-state index in [0.29, 0.717) is 29.8 Å². The maximum Gasteiger partial charge on any atom is 0.243 e. The molecule has 0 saturated carbocycles. The van der Waals surface area contributed by atoms with Crippen molar-refractivity contribution in [2.24, 2.45) is 5.92 Å². The SMILES string of the molecule is Cc1ccc(S(=O)(=O)N2CCC[C@@H]3c4ccccc4CC[C@H]3C2)cc1. The molecule has 2 atom stereocenters. The van der Waals surface area contributed by atoms with Gasteiger partial charge in [-0.3, -0.25) is 0 Å². The van der Waals surface area contributed by atoms with Crippen LogP contribution < -0.4 is 0 Å². The van der Waals surface area contributed by atoms with Crippen LogP contribution in [0.25, 0.3) is 0 Å². The molecule has 0 spiro atoms. The molecule has 0 amide bonds. The summed E-state index contributed by atoms with van der Waals surface area (Å²) in [5.41, 5.74) is 3.99. The fourth-order valence-corrected chi connectivity index (χ4v) is 5.98. The summed E-state index contributed by atoms with van der Waals surface area (Å²) in [6.07, 6.45) is 4.17. The van der Waals surface area contributed by atoms with Crippen molar-refractivity contribution >= 4 is 10.0 Å². The first-order valence-corrected chi connectivity index (χ1v) is 10.6. The average Bonchev–Trinajstić information content (AvgIpc) is 2.85. The monoisotopic (exact) mass is 355 g/mol. The standard InChI is InChI=1S/C21H25NO2S/c1-16-8-12-19(13-9-16)25(23,24)22-14-4-7-21-18(15-22)11-10-17-5-2-3-6-20(17)21/h2-3,5-6,8-9,12-13,18,21H,4,7,10-11,14-15H2,1H3/t18-,21-/m0/s1. The topological polar surface area (TPSA) is 37.4 Å². The van der Waals surface area contributed by atoms with E-state index >= 15 is 0 Å². The molecule has 2 aromatic carbocycles. The van der Waals surface area contributed by atoms with Crippen LogP contribution in [-0.4, -0.2) is 25.8 Å². The van der Waals surface area contributed by atoms with Crippen molar-refractivity contribution in [1.29, 1.82) is 0 Å². The van der Waals surface area contributed by atoms with Crippen molar-refractivity contribution in [2.45, 2.75) is 43.4 Å². The van der Waals surface area contributed by atoms with Gasteiger partial charge in [0.05, 0.1) is 4.90 Å². The van der Waals surface area contributed by atoms with Crippen molar-refractivity contribution in [1.82, 2.24) is 4.31 Å². The molecular weight excluding hydrogens is 330 g/mol. The first-order valence-electron chi connectivity index (χ1n) is 9.20. The Morgan fingerprint density at radius 3 is 2.56 bits per heavy atom. The Morgan fingerprint density at radius 1 is 1.00 bits per heavy atom. The number of sulfonamides is 1. The van der Waals surface area contributed by atoms with E-state index in [-0.39, 0.29) is 0 Å². The molecule has 0 unspecified atom stereocenters. The smallest absolute Gasteiger partial charge is 0.207 e. The summed E-state index contributed by atoms with van der Waals surface area (Å²) in [5.74, 6) is 0.931. The second-order valence-corrected chi connectivity index (χ2v) is 9.36. The zero-order valence-corrected chi connectivity index (χ0v) is 15.5. The molecule has 2 aromatic rings. The van der Waals surface area contributed by atoms with Gasteiger partial charge in [-0.2, -0.15) is 4.31 Å². The maximum absolute atomic E-state index is 13.1. The van der Waals surface area contributed by atoms with Gasteiger partial charge in [-0.25, -0.2) is 8.42 Å². The molecule has 0 aromatic heterocycles. The predicted octanol–water partition coefficient (Wildman–Crippen LogP) is 4.13. The van der Waals surface area contributed by atoms with E-state index in [4.69, 9.17) is 0 Å². The van der Waals surface area contributed by atoms with E-state index in [9.17, 15) is 8.42 Å². The molecule has 1 aliphatic carbocycles. The highest BCUT2D eigenvalue weighted by Crippen LogP contribution is 2.41. The Balaban J connectivity index is 1.61. The Kier molecular flexibility index (Phi) is 4.42. The van der Waals surface area contributed by atoms with Crippen LogP contribution in [0.5, 0.6) is 0 Å². The second kappa shape index (κ2) is 6.58. The lowest BCUT2D eigenvalue weighted by Gasteiger charge is -2.33.